The Hall–Kier alpha value is -1.95. The van der Waals surface area contributed by atoms with E-state index in [4.69, 9.17) is 5.11 Å². The minimum atomic E-state index is -0.614. The third-order valence-corrected chi connectivity index (χ3v) is 2.47. The smallest absolute Gasteiger partial charge is 0.165 e. The van der Waals surface area contributed by atoms with Crippen LogP contribution in [0, 0.1) is 5.82 Å². The third kappa shape index (κ3) is 2.79. The fraction of sp³-hybridized carbons (Fsp3) is 0.273. The van der Waals surface area contributed by atoms with Gasteiger partial charge in [0, 0.05) is 6.54 Å². The number of nitrogens with zero attached hydrogens (tertiary/aromatic N) is 2. The Morgan fingerprint density at radius 1 is 1.53 bits per heavy atom. The van der Waals surface area contributed by atoms with Crippen molar-refractivity contribution in [3.05, 3.63) is 41.7 Å². The van der Waals surface area contributed by atoms with Gasteiger partial charge in [-0.2, -0.15) is 5.10 Å². The third-order valence-electron chi connectivity index (χ3n) is 2.47. The Morgan fingerprint density at radius 3 is 3.00 bits per heavy atom. The standard InChI is InChI=1S/C11H13FN4O/c1-7(11-14-6-15-16-11)13-5-8-2-3-10(17)9(12)4-8/h2-4,6-7,13,17H,5H2,1H3,(H,14,15,16). The molecule has 1 atom stereocenters. The molecule has 0 aliphatic rings. The van der Waals surface area contributed by atoms with Crippen molar-refractivity contribution in [3.63, 3.8) is 0 Å². The Labute approximate surface area is 97.7 Å². The number of aromatic amines is 1. The molecule has 5 nitrogen and oxygen atoms in total. The molecule has 1 aromatic carbocycles. The highest BCUT2D eigenvalue weighted by Gasteiger charge is 2.08. The molecule has 0 bridgehead atoms. The van der Waals surface area contributed by atoms with Crippen molar-refractivity contribution in [2.75, 3.05) is 0 Å². The summed E-state index contributed by atoms with van der Waals surface area (Å²) in [4.78, 5) is 4.02. The van der Waals surface area contributed by atoms with Crippen LogP contribution >= 0.6 is 0 Å². The maximum Gasteiger partial charge on any atom is 0.165 e. The summed E-state index contributed by atoms with van der Waals surface area (Å²) in [5.74, 6) is -0.224. The molecule has 2 rings (SSSR count). The van der Waals surface area contributed by atoms with E-state index in [9.17, 15) is 4.39 Å². The second-order valence-electron chi connectivity index (χ2n) is 3.76. The molecule has 0 spiro atoms. The Balaban J connectivity index is 1.96. The molecule has 1 heterocycles. The molecule has 2 aromatic rings. The molecule has 0 amide bonds. The summed E-state index contributed by atoms with van der Waals surface area (Å²) in [5.41, 5.74) is 0.756. The van der Waals surface area contributed by atoms with E-state index in [0.717, 1.165) is 11.4 Å². The quantitative estimate of drug-likeness (QED) is 0.752. The second kappa shape index (κ2) is 4.92. The predicted octanol–water partition coefficient (Wildman–Crippen LogP) is 1.50. The van der Waals surface area contributed by atoms with Gasteiger partial charge in [0.05, 0.1) is 6.04 Å². The van der Waals surface area contributed by atoms with Crippen LogP contribution in [-0.4, -0.2) is 20.3 Å². The molecular formula is C11H13FN4O. The highest BCUT2D eigenvalue weighted by Crippen LogP contribution is 2.16. The molecular weight excluding hydrogens is 223 g/mol. The second-order valence-corrected chi connectivity index (χ2v) is 3.76. The number of H-pyrrole nitrogens is 1. The maximum absolute atomic E-state index is 13.1. The van der Waals surface area contributed by atoms with E-state index in [2.05, 4.69) is 20.5 Å². The Kier molecular flexibility index (Phi) is 3.34. The van der Waals surface area contributed by atoms with E-state index in [1.165, 1.54) is 18.5 Å². The summed E-state index contributed by atoms with van der Waals surface area (Å²) >= 11 is 0. The molecule has 3 N–H and O–H groups in total. The van der Waals surface area contributed by atoms with Crippen molar-refractivity contribution in [3.8, 4) is 5.75 Å². The number of hydrogen-bond acceptors (Lipinski definition) is 4. The summed E-state index contributed by atoms with van der Waals surface area (Å²) in [5, 5.41) is 18.7. The molecule has 0 aliphatic heterocycles. The lowest BCUT2D eigenvalue weighted by atomic mass is 10.2. The zero-order valence-corrected chi connectivity index (χ0v) is 9.31. The normalized spacial score (nSPS) is 12.6. The summed E-state index contributed by atoms with van der Waals surface area (Å²) in [6, 6.07) is 4.30. The van der Waals surface area contributed by atoms with E-state index >= 15 is 0 Å². The van der Waals surface area contributed by atoms with Gasteiger partial charge in [-0.15, -0.1) is 0 Å². The zero-order chi connectivity index (χ0) is 12.3. The summed E-state index contributed by atoms with van der Waals surface area (Å²) in [7, 11) is 0. The molecule has 0 saturated carbocycles. The van der Waals surface area contributed by atoms with Crippen LogP contribution < -0.4 is 5.32 Å². The fourth-order valence-electron chi connectivity index (χ4n) is 1.45. The van der Waals surface area contributed by atoms with Crippen LogP contribution in [0.4, 0.5) is 4.39 Å². The first-order valence-electron chi connectivity index (χ1n) is 5.23. The predicted molar refractivity (Wildman–Crippen MR) is 59.7 cm³/mol. The van der Waals surface area contributed by atoms with Crippen LogP contribution in [0.3, 0.4) is 0 Å². The molecule has 17 heavy (non-hydrogen) atoms. The number of halogens is 1. The number of aromatic nitrogens is 3. The van der Waals surface area contributed by atoms with E-state index < -0.39 is 5.82 Å². The van der Waals surface area contributed by atoms with Gasteiger partial charge in [-0.25, -0.2) is 9.37 Å². The van der Waals surface area contributed by atoms with E-state index in [1.54, 1.807) is 6.07 Å². The molecule has 0 saturated heterocycles. The molecule has 6 heteroatoms. The van der Waals surface area contributed by atoms with Gasteiger partial charge in [-0.1, -0.05) is 6.07 Å². The number of nitrogens with one attached hydrogen (secondary N) is 2. The molecule has 1 unspecified atom stereocenters. The molecule has 0 fully saturated rings. The van der Waals surface area contributed by atoms with E-state index in [1.807, 2.05) is 6.92 Å². The number of phenols is 1. The SMILES string of the molecule is CC(NCc1ccc(O)c(F)c1)c1ncn[nH]1. The summed E-state index contributed by atoms with van der Waals surface area (Å²) in [6.07, 6.45) is 1.44. The Bertz CT molecular complexity index is 486. The van der Waals surface area contributed by atoms with Gasteiger partial charge in [0.25, 0.3) is 0 Å². The van der Waals surface area contributed by atoms with Crippen LogP contribution in [0.2, 0.25) is 0 Å². The summed E-state index contributed by atoms with van der Waals surface area (Å²) < 4.78 is 13.1. The number of aromatic hydroxyl groups is 1. The van der Waals surface area contributed by atoms with Crippen LogP contribution in [0.5, 0.6) is 5.75 Å². The van der Waals surface area contributed by atoms with Gasteiger partial charge in [0.1, 0.15) is 12.2 Å². The number of benzene rings is 1. The lowest BCUT2D eigenvalue weighted by Gasteiger charge is -2.11. The monoisotopic (exact) mass is 236 g/mol. The average Bonchev–Trinajstić information content (AvgIpc) is 2.84. The van der Waals surface area contributed by atoms with E-state index in [0.29, 0.717) is 6.54 Å². The van der Waals surface area contributed by atoms with Gasteiger partial charge < -0.3 is 10.4 Å². The van der Waals surface area contributed by atoms with E-state index in [-0.39, 0.29) is 11.8 Å². The van der Waals surface area contributed by atoms with Crippen LogP contribution in [0.25, 0.3) is 0 Å². The van der Waals surface area contributed by atoms with Crippen molar-refractivity contribution < 1.29 is 9.50 Å². The largest absolute Gasteiger partial charge is 0.505 e. The Morgan fingerprint density at radius 2 is 2.35 bits per heavy atom. The lowest BCUT2D eigenvalue weighted by molar-refractivity contribution is 0.431. The van der Waals surface area contributed by atoms with Crippen LogP contribution in [0.15, 0.2) is 24.5 Å². The first-order valence-corrected chi connectivity index (χ1v) is 5.23. The maximum atomic E-state index is 13.1. The van der Waals surface area contributed by atoms with Gasteiger partial charge >= 0.3 is 0 Å². The van der Waals surface area contributed by atoms with Crippen LogP contribution in [0.1, 0.15) is 24.4 Å². The van der Waals surface area contributed by atoms with Crippen LogP contribution in [-0.2, 0) is 6.54 Å². The summed E-state index contributed by atoms with van der Waals surface area (Å²) in [6.45, 7) is 2.41. The number of hydrogen-bond donors (Lipinski definition) is 3. The zero-order valence-electron chi connectivity index (χ0n) is 9.31. The molecule has 0 aliphatic carbocycles. The highest BCUT2D eigenvalue weighted by molar-refractivity contribution is 5.27. The lowest BCUT2D eigenvalue weighted by Crippen LogP contribution is -2.19. The topological polar surface area (TPSA) is 73.8 Å². The van der Waals surface area contributed by atoms with Gasteiger partial charge in [-0.3, -0.25) is 5.10 Å². The highest BCUT2D eigenvalue weighted by atomic mass is 19.1. The first kappa shape index (κ1) is 11.5. The minimum Gasteiger partial charge on any atom is -0.505 e. The molecule has 90 valence electrons. The van der Waals surface area contributed by atoms with Gasteiger partial charge in [-0.05, 0) is 24.6 Å². The van der Waals surface area contributed by atoms with Gasteiger partial charge in [0.15, 0.2) is 11.6 Å². The molecule has 0 radical (unpaired) electrons. The number of rotatable bonds is 4. The van der Waals surface area contributed by atoms with Crippen molar-refractivity contribution in [2.45, 2.75) is 19.5 Å². The first-order chi connectivity index (χ1) is 8.16. The van der Waals surface area contributed by atoms with Crippen molar-refractivity contribution in [2.24, 2.45) is 0 Å². The van der Waals surface area contributed by atoms with Crippen molar-refractivity contribution in [1.82, 2.24) is 20.5 Å². The van der Waals surface area contributed by atoms with Crippen molar-refractivity contribution in [1.29, 1.82) is 0 Å². The fourth-order valence-corrected chi connectivity index (χ4v) is 1.45. The van der Waals surface area contributed by atoms with Crippen molar-refractivity contribution >= 4 is 0 Å². The van der Waals surface area contributed by atoms with Gasteiger partial charge in [0.2, 0.25) is 0 Å². The minimum absolute atomic E-state index is 0.00522. The molecule has 1 aromatic heterocycles. The average molecular weight is 236 g/mol. The number of phenolic OH excluding ortho intramolecular Hbond substituents is 1.